The number of aromatic nitrogens is 2. The summed E-state index contributed by atoms with van der Waals surface area (Å²) in [5.41, 5.74) is 7.63. The van der Waals surface area contributed by atoms with Gasteiger partial charge in [0.1, 0.15) is 5.69 Å². The molecule has 0 unspecified atom stereocenters. The fourth-order valence-corrected chi connectivity index (χ4v) is 2.87. The minimum Gasteiger partial charge on any atom is -1.00 e. The molecule has 3 heteroatoms. The van der Waals surface area contributed by atoms with Crippen molar-refractivity contribution in [1.82, 2.24) is 4.68 Å². The van der Waals surface area contributed by atoms with E-state index in [9.17, 15) is 0 Å². The highest BCUT2D eigenvalue weighted by molar-refractivity contribution is 5.69. The molecule has 1 heterocycles. The van der Waals surface area contributed by atoms with Crippen LogP contribution in [0.1, 0.15) is 11.1 Å². The van der Waals surface area contributed by atoms with Crippen molar-refractivity contribution in [2.24, 2.45) is 14.1 Å². The largest absolute Gasteiger partial charge is 1.00 e. The van der Waals surface area contributed by atoms with Gasteiger partial charge < -0.3 is 24.0 Å². The third-order valence-corrected chi connectivity index (χ3v) is 4.15. The molecular weight excluding hydrogens is 383 g/mol. The zero-order valence-electron chi connectivity index (χ0n) is 13.5. The quantitative estimate of drug-likeness (QED) is 0.442. The van der Waals surface area contributed by atoms with Gasteiger partial charge in [-0.05, 0) is 31.5 Å². The lowest BCUT2D eigenvalue weighted by molar-refractivity contribution is -0.740. The molecule has 3 rings (SSSR count). The van der Waals surface area contributed by atoms with Crippen molar-refractivity contribution in [3.63, 3.8) is 0 Å². The van der Waals surface area contributed by atoms with Crippen LogP contribution >= 0.6 is 0 Å². The van der Waals surface area contributed by atoms with E-state index in [0.717, 1.165) is 0 Å². The van der Waals surface area contributed by atoms with Gasteiger partial charge >= 0.3 is 0 Å². The van der Waals surface area contributed by atoms with Crippen LogP contribution in [0.15, 0.2) is 54.6 Å². The predicted molar refractivity (Wildman–Crippen MR) is 86.9 cm³/mol. The summed E-state index contributed by atoms with van der Waals surface area (Å²) in [5, 5.41) is 0. The Hall–Kier alpha value is -1.62. The average molecular weight is 404 g/mol. The van der Waals surface area contributed by atoms with E-state index in [2.05, 4.69) is 91.9 Å². The average Bonchev–Trinajstić information content (AvgIpc) is 2.77. The highest BCUT2D eigenvalue weighted by atomic mass is 127. The number of aryl methyl sites for hydroxylation is 2. The fourth-order valence-electron chi connectivity index (χ4n) is 2.87. The summed E-state index contributed by atoms with van der Waals surface area (Å²) in [6, 6.07) is 19.4. The van der Waals surface area contributed by atoms with E-state index in [-0.39, 0.29) is 24.0 Å². The Morgan fingerprint density at radius 3 is 2.23 bits per heavy atom. The zero-order valence-corrected chi connectivity index (χ0v) is 15.6. The molecule has 0 aliphatic carbocycles. The molecule has 0 aliphatic heterocycles. The van der Waals surface area contributed by atoms with Gasteiger partial charge in [-0.1, -0.05) is 42.0 Å². The highest BCUT2D eigenvalue weighted by Crippen LogP contribution is 2.27. The predicted octanol–water partition coefficient (Wildman–Crippen LogP) is 0.804. The SMILES string of the molecule is Cc1ccc(-c2cc(-c3ccccc3)[n+](C)n2C)c(C)c1.[I-]. The molecule has 2 aromatic carbocycles. The molecule has 3 aromatic rings. The number of hydrogen-bond donors (Lipinski definition) is 0. The Bertz CT molecular complexity index is 789. The Balaban J connectivity index is 0.00000176. The maximum Gasteiger partial charge on any atom is 0.238 e. The normalized spacial score (nSPS) is 10.4. The van der Waals surface area contributed by atoms with Crippen LogP contribution in [0.4, 0.5) is 0 Å². The summed E-state index contributed by atoms with van der Waals surface area (Å²) in [7, 11) is 4.22. The number of benzene rings is 2. The summed E-state index contributed by atoms with van der Waals surface area (Å²) in [5.74, 6) is 0. The zero-order chi connectivity index (χ0) is 15.0. The van der Waals surface area contributed by atoms with Crippen molar-refractivity contribution in [3.05, 3.63) is 65.7 Å². The molecule has 0 N–H and O–H groups in total. The molecule has 2 nitrogen and oxygen atoms in total. The number of halogens is 1. The maximum absolute atomic E-state index is 2.27. The van der Waals surface area contributed by atoms with Gasteiger partial charge in [0.2, 0.25) is 5.69 Å². The third-order valence-electron chi connectivity index (χ3n) is 4.15. The molecular formula is C19H21IN2. The minimum absolute atomic E-state index is 0. The molecule has 0 fully saturated rings. The standard InChI is InChI=1S/C19H21N2.HI/c1-14-10-11-17(15(2)12-14)19-13-18(20(3)21(19)4)16-8-6-5-7-9-16;/h5-13H,1-4H3;1H/q+1;/p-1. The van der Waals surface area contributed by atoms with E-state index < -0.39 is 0 Å². The lowest BCUT2D eigenvalue weighted by Gasteiger charge is -2.05. The van der Waals surface area contributed by atoms with Crippen LogP contribution in [0.2, 0.25) is 0 Å². The van der Waals surface area contributed by atoms with Gasteiger partial charge in [0, 0.05) is 17.2 Å². The van der Waals surface area contributed by atoms with E-state index in [1.54, 1.807) is 0 Å². The molecule has 22 heavy (non-hydrogen) atoms. The van der Waals surface area contributed by atoms with E-state index in [1.807, 2.05) is 0 Å². The first-order valence-electron chi connectivity index (χ1n) is 7.27. The molecule has 0 saturated heterocycles. The topological polar surface area (TPSA) is 8.81 Å². The van der Waals surface area contributed by atoms with Gasteiger partial charge in [-0.25, -0.2) is 0 Å². The molecule has 0 atom stereocenters. The first-order chi connectivity index (χ1) is 10.1. The summed E-state index contributed by atoms with van der Waals surface area (Å²) in [4.78, 5) is 0. The minimum atomic E-state index is 0. The summed E-state index contributed by atoms with van der Waals surface area (Å²) in [6.07, 6.45) is 0. The van der Waals surface area contributed by atoms with E-state index >= 15 is 0 Å². The monoisotopic (exact) mass is 404 g/mol. The Labute approximate surface area is 149 Å². The van der Waals surface area contributed by atoms with E-state index in [1.165, 1.54) is 33.6 Å². The third kappa shape index (κ3) is 2.95. The molecule has 0 amide bonds. The summed E-state index contributed by atoms with van der Waals surface area (Å²) in [6.45, 7) is 4.31. The van der Waals surface area contributed by atoms with Crippen molar-refractivity contribution in [2.75, 3.05) is 0 Å². The van der Waals surface area contributed by atoms with Crippen LogP contribution in [0.25, 0.3) is 22.5 Å². The lowest BCUT2D eigenvalue weighted by atomic mass is 10.0. The van der Waals surface area contributed by atoms with Crippen LogP contribution in [0.5, 0.6) is 0 Å². The summed E-state index contributed by atoms with van der Waals surface area (Å²) < 4.78 is 4.41. The second-order valence-electron chi connectivity index (χ2n) is 5.65. The van der Waals surface area contributed by atoms with Crippen LogP contribution in [-0.2, 0) is 14.1 Å². The number of rotatable bonds is 2. The van der Waals surface area contributed by atoms with Crippen LogP contribution < -0.4 is 28.7 Å². The van der Waals surface area contributed by atoms with Crippen molar-refractivity contribution >= 4 is 0 Å². The van der Waals surface area contributed by atoms with Gasteiger partial charge in [0.05, 0.1) is 7.05 Å². The van der Waals surface area contributed by atoms with E-state index in [0.29, 0.717) is 0 Å². The second kappa shape index (κ2) is 6.65. The molecule has 0 radical (unpaired) electrons. The molecule has 0 aliphatic rings. The van der Waals surface area contributed by atoms with Crippen molar-refractivity contribution in [1.29, 1.82) is 0 Å². The Kier molecular flexibility index (Phi) is 5.06. The van der Waals surface area contributed by atoms with Gasteiger partial charge in [0.15, 0.2) is 7.05 Å². The Morgan fingerprint density at radius 2 is 1.59 bits per heavy atom. The van der Waals surface area contributed by atoms with Gasteiger partial charge in [-0.3, -0.25) is 0 Å². The van der Waals surface area contributed by atoms with E-state index in [4.69, 9.17) is 0 Å². The first-order valence-corrected chi connectivity index (χ1v) is 7.27. The van der Waals surface area contributed by atoms with Crippen molar-refractivity contribution < 1.29 is 28.7 Å². The fraction of sp³-hybridized carbons (Fsp3) is 0.211. The number of hydrogen-bond acceptors (Lipinski definition) is 0. The number of nitrogens with zero attached hydrogens (tertiary/aromatic N) is 2. The molecule has 0 bridgehead atoms. The highest BCUT2D eigenvalue weighted by Gasteiger charge is 2.20. The Morgan fingerprint density at radius 1 is 0.909 bits per heavy atom. The van der Waals surface area contributed by atoms with Crippen LogP contribution in [0, 0.1) is 13.8 Å². The van der Waals surface area contributed by atoms with Crippen LogP contribution in [-0.4, -0.2) is 4.68 Å². The maximum atomic E-state index is 2.27. The lowest BCUT2D eigenvalue weighted by Crippen LogP contribution is -3.00. The second-order valence-corrected chi connectivity index (χ2v) is 5.65. The van der Waals surface area contributed by atoms with Gasteiger partial charge in [0.25, 0.3) is 0 Å². The van der Waals surface area contributed by atoms with Gasteiger partial charge in [-0.2, -0.15) is 4.68 Å². The summed E-state index contributed by atoms with van der Waals surface area (Å²) >= 11 is 0. The first kappa shape index (κ1) is 16.7. The van der Waals surface area contributed by atoms with Gasteiger partial charge in [-0.15, -0.1) is 4.68 Å². The molecule has 114 valence electrons. The van der Waals surface area contributed by atoms with Crippen LogP contribution in [0.3, 0.4) is 0 Å². The van der Waals surface area contributed by atoms with Crippen molar-refractivity contribution in [2.45, 2.75) is 13.8 Å². The molecule has 0 saturated carbocycles. The molecule has 0 spiro atoms. The van der Waals surface area contributed by atoms with Crippen molar-refractivity contribution in [3.8, 4) is 22.5 Å². The molecule has 1 aromatic heterocycles. The smallest absolute Gasteiger partial charge is 0.238 e.